The second-order valence-electron chi connectivity index (χ2n) is 15.0. The number of ether oxygens (including phenoxy) is 2. The zero-order valence-electron chi connectivity index (χ0n) is 35.3. The van der Waals surface area contributed by atoms with E-state index in [0.29, 0.717) is 6.42 Å². The average molecular weight is 795 g/mol. The average Bonchev–Trinajstić information content (AvgIpc) is 3.16. The number of esters is 2. The summed E-state index contributed by atoms with van der Waals surface area (Å²) in [6, 6.07) is 0. The summed E-state index contributed by atoms with van der Waals surface area (Å²) in [6.45, 7) is 3.58. The number of unbranched alkanes of at least 4 members (excludes halogenated alkanes) is 23. The lowest BCUT2D eigenvalue weighted by molar-refractivity contribution is -0.161. The predicted octanol–water partition coefficient (Wildman–Crippen LogP) is 13.9. The van der Waals surface area contributed by atoms with Gasteiger partial charge in [-0.05, 0) is 51.4 Å². The Morgan fingerprint density at radius 2 is 0.873 bits per heavy atom. The van der Waals surface area contributed by atoms with Gasteiger partial charge >= 0.3 is 19.8 Å². The first-order chi connectivity index (χ1) is 26.8. The number of hydrogen-bond acceptors (Lipinski definition) is 6. The molecule has 9 heteroatoms. The molecule has 0 amide bonds. The van der Waals surface area contributed by atoms with E-state index in [9.17, 15) is 14.2 Å². The molecular formula is C46H83O8P. The Morgan fingerprint density at radius 1 is 0.491 bits per heavy atom. The minimum atomic E-state index is -4.76. The van der Waals surface area contributed by atoms with E-state index in [-0.39, 0.29) is 19.4 Å². The first kappa shape index (κ1) is 53.0. The lowest BCUT2D eigenvalue weighted by Gasteiger charge is -2.18. The molecule has 0 saturated heterocycles. The SMILES string of the molecule is CC/C=C\C/C=C\C/C=C\C/C=C\CCCCCCCCC(=O)OC(COC(=O)CCCCCCCCCCCCCCCCCCCC)COP(=O)(O)O. The molecule has 8 nitrogen and oxygen atoms in total. The van der Waals surface area contributed by atoms with Crippen molar-refractivity contribution in [1.29, 1.82) is 0 Å². The van der Waals surface area contributed by atoms with E-state index in [1.807, 2.05) is 0 Å². The van der Waals surface area contributed by atoms with E-state index in [1.54, 1.807) is 0 Å². The smallest absolute Gasteiger partial charge is 0.462 e. The molecular weight excluding hydrogens is 711 g/mol. The van der Waals surface area contributed by atoms with Crippen LogP contribution in [0.2, 0.25) is 0 Å². The fourth-order valence-corrected chi connectivity index (χ4v) is 6.67. The van der Waals surface area contributed by atoms with Gasteiger partial charge in [-0.2, -0.15) is 0 Å². The highest BCUT2D eigenvalue weighted by Gasteiger charge is 2.22. The van der Waals surface area contributed by atoms with Crippen molar-refractivity contribution in [1.82, 2.24) is 0 Å². The molecule has 0 aliphatic rings. The third-order valence-corrected chi connectivity index (χ3v) is 10.1. The summed E-state index contributed by atoms with van der Waals surface area (Å²) < 4.78 is 26.4. The van der Waals surface area contributed by atoms with Gasteiger partial charge in [0.05, 0.1) is 6.61 Å². The quantitative estimate of drug-likeness (QED) is 0.0272. The van der Waals surface area contributed by atoms with Gasteiger partial charge in [-0.1, -0.05) is 197 Å². The van der Waals surface area contributed by atoms with Gasteiger partial charge in [-0.15, -0.1) is 0 Å². The molecule has 320 valence electrons. The maximum atomic E-state index is 12.4. The van der Waals surface area contributed by atoms with Crippen molar-refractivity contribution in [3.05, 3.63) is 48.6 Å². The van der Waals surface area contributed by atoms with Gasteiger partial charge in [-0.3, -0.25) is 14.1 Å². The lowest BCUT2D eigenvalue weighted by Crippen LogP contribution is -2.29. The van der Waals surface area contributed by atoms with Crippen LogP contribution >= 0.6 is 7.82 Å². The minimum absolute atomic E-state index is 0.196. The molecule has 0 aliphatic heterocycles. The summed E-state index contributed by atoms with van der Waals surface area (Å²) in [5.41, 5.74) is 0. The maximum Gasteiger partial charge on any atom is 0.469 e. The van der Waals surface area contributed by atoms with Crippen LogP contribution in [0.3, 0.4) is 0 Å². The topological polar surface area (TPSA) is 119 Å². The highest BCUT2D eigenvalue weighted by Crippen LogP contribution is 2.36. The van der Waals surface area contributed by atoms with Crippen molar-refractivity contribution in [2.24, 2.45) is 0 Å². The second kappa shape index (κ2) is 41.6. The van der Waals surface area contributed by atoms with Gasteiger partial charge in [0.2, 0.25) is 0 Å². The van der Waals surface area contributed by atoms with Crippen LogP contribution < -0.4 is 0 Å². The monoisotopic (exact) mass is 795 g/mol. The van der Waals surface area contributed by atoms with Crippen molar-refractivity contribution in [3.63, 3.8) is 0 Å². The van der Waals surface area contributed by atoms with Crippen LogP contribution in [0.25, 0.3) is 0 Å². The van der Waals surface area contributed by atoms with Crippen LogP contribution in [0, 0.1) is 0 Å². The molecule has 0 rings (SSSR count). The minimum Gasteiger partial charge on any atom is -0.462 e. The van der Waals surface area contributed by atoms with E-state index >= 15 is 0 Å². The summed E-state index contributed by atoms with van der Waals surface area (Å²) in [7, 11) is -4.76. The zero-order valence-corrected chi connectivity index (χ0v) is 36.2. The van der Waals surface area contributed by atoms with Crippen LogP contribution in [-0.4, -0.2) is 41.0 Å². The lowest BCUT2D eigenvalue weighted by atomic mass is 10.0. The number of allylic oxidation sites excluding steroid dienone is 8. The molecule has 0 aromatic carbocycles. The first-order valence-electron chi connectivity index (χ1n) is 22.4. The van der Waals surface area contributed by atoms with Crippen molar-refractivity contribution >= 4 is 19.8 Å². The first-order valence-corrected chi connectivity index (χ1v) is 24.0. The van der Waals surface area contributed by atoms with E-state index in [4.69, 9.17) is 19.3 Å². The molecule has 2 N–H and O–H groups in total. The molecule has 0 aromatic heterocycles. The third kappa shape index (κ3) is 44.6. The molecule has 0 fully saturated rings. The van der Waals surface area contributed by atoms with E-state index < -0.39 is 32.5 Å². The van der Waals surface area contributed by atoms with Crippen LogP contribution in [-0.2, 0) is 28.2 Å². The largest absolute Gasteiger partial charge is 0.469 e. The molecule has 0 bridgehead atoms. The van der Waals surface area contributed by atoms with Crippen molar-refractivity contribution < 1.29 is 37.9 Å². The van der Waals surface area contributed by atoms with Gasteiger partial charge < -0.3 is 19.3 Å². The number of hydrogen-bond donors (Lipinski definition) is 2. The van der Waals surface area contributed by atoms with Crippen LogP contribution in [0.4, 0.5) is 0 Å². The Bertz CT molecular complexity index is 1030. The van der Waals surface area contributed by atoms with Crippen LogP contribution in [0.1, 0.15) is 213 Å². The van der Waals surface area contributed by atoms with E-state index in [1.165, 1.54) is 96.3 Å². The normalized spacial score (nSPS) is 12.9. The number of carbonyl (C=O) groups excluding carboxylic acids is 2. The fraction of sp³-hybridized carbons (Fsp3) is 0.783. The number of carbonyl (C=O) groups is 2. The summed E-state index contributed by atoms with van der Waals surface area (Å²) in [4.78, 5) is 42.9. The van der Waals surface area contributed by atoms with Crippen molar-refractivity contribution in [3.8, 4) is 0 Å². The Labute approximate surface area is 337 Å². The van der Waals surface area contributed by atoms with Crippen LogP contribution in [0.15, 0.2) is 48.6 Å². The van der Waals surface area contributed by atoms with Crippen molar-refractivity contribution in [2.45, 2.75) is 219 Å². The van der Waals surface area contributed by atoms with Gasteiger partial charge in [0, 0.05) is 12.8 Å². The standard InChI is InChI=1S/C46H83O8P/c1-3-5-7-9-11-13-15-17-19-21-23-25-27-29-31-33-35-37-39-41-46(48)54-44(43-53-55(49,50)51)42-52-45(47)40-38-36-34-32-30-28-26-24-22-20-18-16-14-12-10-8-6-4-2/h5,7,11,13,17,19,23,25,44H,3-4,6,8-10,12,14-16,18,20-22,24,26-43H2,1-2H3,(H2,49,50,51)/b7-5-,13-11-,19-17-,25-23-. The number of phosphoric ester groups is 1. The fourth-order valence-electron chi connectivity index (χ4n) is 6.31. The molecule has 0 radical (unpaired) electrons. The van der Waals surface area contributed by atoms with E-state index in [0.717, 1.165) is 83.5 Å². The van der Waals surface area contributed by atoms with Gasteiger partial charge in [0.15, 0.2) is 6.10 Å². The Kier molecular flexibility index (Phi) is 40.1. The maximum absolute atomic E-state index is 12.4. The number of phosphoric acid groups is 1. The summed E-state index contributed by atoms with van der Waals surface area (Å²) in [5, 5.41) is 0. The second-order valence-corrected chi connectivity index (χ2v) is 16.2. The Balaban J connectivity index is 3.90. The Morgan fingerprint density at radius 3 is 1.31 bits per heavy atom. The van der Waals surface area contributed by atoms with Crippen LogP contribution in [0.5, 0.6) is 0 Å². The third-order valence-electron chi connectivity index (χ3n) is 9.61. The van der Waals surface area contributed by atoms with Gasteiger partial charge in [-0.25, -0.2) is 4.57 Å². The molecule has 55 heavy (non-hydrogen) atoms. The predicted molar refractivity (Wildman–Crippen MR) is 230 cm³/mol. The summed E-state index contributed by atoms with van der Waals surface area (Å²) in [6.07, 6.45) is 51.2. The van der Waals surface area contributed by atoms with E-state index in [2.05, 4.69) is 67.0 Å². The molecule has 0 heterocycles. The highest BCUT2D eigenvalue weighted by molar-refractivity contribution is 7.46. The molecule has 0 aliphatic carbocycles. The molecule has 0 saturated carbocycles. The van der Waals surface area contributed by atoms with Gasteiger partial charge in [0.25, 0.3) is 0 Å². The highest BCUT2D eigenvalue weighted by atomic mass is 31.2. The van der Waals surface area contributed by atoms with Gasteiger partial charge in [0.1, 0.15) is 6.61 Å². The molecule has 0 spiro atoms. The Hall–Kier alpha value is -1.99. The molecule has 1 atom stereocenters. The zero-order chi connectivity index (χ0) is 40.3. The summed E-state index contributed by atoms with van der Waals surface area (Å²) >= 11 is 0. The van der Waals surface area contributed by atoms with Crippen molar-refractivity contribution in [2.75, 3.05) is 13.2 Å². The summed E-state index contributed by atoms with van der Waals surface area (Å²) in [5.74, 6) is -0.895. The molecule has 0 aromatic rings. The molecule has 1 unspecified atom stereocenters. The number of rotatable bonds is 41.